The van der Waals surface area contributed by atoms with Crippen LogP contribution in [0.15, 0.2) is 24.3 Å². The number of hydrogen-bond acceptors (Lipinski definition) is 7. The SMILES string of the molecule is CCS(=O)(=O)N1CCC(C2CNc3c(C(N)=O)cc(-c4ccc(CNC(C)COC)s4)cc32)CC1. The number of ether oxygens (including phenoxy) is 1. The highest BCUT2D eigenvalue weighted by Gasteiger charge is 2.36. The number of methoxy groups -OCH3 is 1. The molecule has 2 aliphatic rings. The third-order valence-electron chi connectivity index (χ3n) is 7.15. The zero-order valence-electron chi connectivity index (χ0n) is 20.7. The molecule has 4 N–H and O–H groups in total. The van der Waals surface area contributed by atoms with E-state index in [4.69, 9.17) is 10.5 Å². The van der Waals surface area contributed by atoms with Gasteiger partial charge in [-0.25, -0.2) is 12.7 Å². The second-order valence-corrected chi connectivity index (χ2v) is 12.9. The summed E-state index contributed by atoms with van der Waals surface area (Å²) >= 11 is 1.71. The van der Waals surface area contributed by atoms with Gasteiger partial charge >= 0.3 is 0 Å². The van der Waals surface area contributed by atoms with Crippen molar-refractivity contribution in [2.75, 3.05) is 44.4 Å². The molecule has 2 atom stereocenters. The van der Waals surface area contributed by atoms with Crippen LogP contribution in [0.5, 0.6) is 0 Å². The van der Waals surface area contributed by atoms with Gasteiger partial charge in [0.05, 0.1) is 23.6 Å². The molecule has 8 nitrogen and oxygen atoms in total. The highest BCUT2D eigenvalue weighted by Crippen LogP contribution is 2.45. The Morgan fingerprint density at radius 3 is 2.71 bits per heavy atom. The zero-order chi connectivity index (χ0) is 25.2. The molecular formula is C25H36N4O4S2. The third kappa shape index (κ3) is 5.72. The average molecular weight is 521 g/mol. The van der Waals surface area contributed by atoms with Gasteiger partial charge in [-0.1, -0.05) is 0 Å². The lowest BCUT2D eigenvalue weighted by Gasteiger charge is -2.34. The molecule has 0 spiro atoms. The van der Waals surface area contributed by atoms with Gasteiger partial charge in [-0.2, -0.15) is 0 Å². The molecular weight excluding hydrogens is 484 g/mol. The monoisotopic (exact) mass is 520 g/mol. The molecule has 3 heterocycles. The number of piperidine rings is 1. The summed E-state index contributed by atoms with van der Waals surface area (Å²) < 4.78 is 31.4. The molecule has 0 radical (unpaired) electrons. The van der Waals surface area contributed by atoms with Crippen molar-refractivity contribution in [3.63, 3.8) is 0 Å². The van der Waals surface area contributed by atoms with Crippen molar-refractivity contribution in [2.24, 2.45) is 11.7 Å². The van der Waals surface area contributed by atoms with E-state index in [0.717, 1.165) is 47.6 Å². The van der Waals surface area contributed by atoms with E-state index in [0.29, 0.717) is 31.2 Å². The van der Waals surface area contributed by atoms with Crippen LogP contribution in [0.25, 0.3) is 10.4 Å². The highest BCUT2D eigenvalue weighted by atomic mass is 32.2. The first-order valence-corrected chi connectivity index (χ1v) is 14.7. The number of nitrogens with one attached hydrogen (secondary N) is 2. The van der Waals surface area contributed by atoms with Gasteiger partial charge in [0, 0.05) is 55.0 Å². The Kier molecular flexibility index (Phi) is 8.17. The number of sulfonamides is 1. The molecule has 0 aliphatic carbocycles. The van der Waals surface area contributed by atoms with Gasteiger partial charge in [-0.3, -0.25) is 4.79 Å². The topological polar surface area (TPSA) is 114 Å². The van der Waals surface area contributed by atoms with Crippen molar-refractivity contribution >= 4 is 33.0 Å². The van der Waals surface area contributed by atoms with Gasteiger partial charge in [-0.05, 0) is 68.0 Å². The quantitative estimate of drug-likeness (QED) is 0.443. The van der Waals surface area contributed by atoms with Crippen molar-refractivity contribution in [1.82, 2.24) is 9.62 Å². The first-order valence-electron chi connectivity index (χ1n) is 12.2. The number of carbonyl (C=O) groups excluding carboxylic acids is 1. The van der Waals surface area contributed by atoms with Crippen LogP contribution in [-0.2, 0) is 21.3 Å². The van der Waals surface area contributed by atoms with Crippen LogP contribution in [0.1, 0.15) is 53.4 Å². The largest absolute Gasteiger partial charge is 0.384 e. The summed E-state index contributed by atoms with van der Waals surface area (Å²) in [4.78, 5) is 14.7. The van der Waals surface area contributed by atoms with Crippen LogP contribution in [0, 0.1) is 5.92 Å². The number of hydrogen-bond donors (Lipinski definition) is 3. The number of nitrogens with two attached hydrogens (primary N) is 1. The van der Waals surface area contributed by atoms with Gasteiger partial charge in [0.2, 0.25) is 10.0 Å². The Morgan fingerprint density at radius 1 is 1.31 bits per heavy atom. The lowest BCUT2D eigenvalue weighted by atomic mass is 9.80. The van der Waals surface area contributed by atoms with Crippen LogP contribution in [0.4, 0.5) is 5.69 Å². The molecule has 1 amide bonds. The number of carbonyl (C=O) groups is 1. The van der Waals surface area contributed by atoms with Crippen molar-refractivity contribution in [3.05, 3.63) is 40.3 Å². The predicted molar refractivity (Wildman–Crippen MR) is 141 cm³/mol. The van der Waals surface area contributed by atoms with Crippen LogP contribution in [0.2, 0.25) is 0 Å². The van der Waals surface area contributed by atoms with Crippen molar-refractivity contribution in [3.8, 4) is 10.4 Å². The number of fused-ring (bicyclic) bond motifs is 1. The van der Waals surface area contributed by atoms with Crippen LogP contribution in [-0.4, -0.2) is 63.8 Å². The van der Waals surface area contributed by atoms with E-state index in [-0.39, 0.29) is 17.7 Å². The first-order chi connectivity index (χ1) is 16.7. The molecule has 10 heteroatoms. The molecule has 0 bridgehead atoms. The molecule has 2 aliphatic heterocycles. The van der Waals surface area contributed by atoms with Gasteiger partial charge in [-0.15, -0.1) is 11.3 Å². The minimum atomic E-state index is -3.15. The summed E-state index contributed by atoms with van der Waals surface area (Å²) in [5.41, 5.74) is 9.26. The summed E-state index contributed by atoms with van der Waals surface area (Å²) in [6.45, 7) is 7.04. The molecule has 2 aromatic rings. The Labute approximate surface area is 212 Å². The molecule has 2 unspecified atom stereocenters. The molecule has 1 fully saturated rings. The second kappa shape index (κ2) is 11.0. The van der Waals surface area contributed by atoms with Gasteiger partial charge in [0.15, 0.2) is 0 Å². The number of rotatable bonds is 10. The van der Waals surface area contributed by atoms with Crippen molar-refractivity contribution in [1.29, 1.82) is 0 Å². The van der Waals surface area contributed by atoms with E-state index < -0.39 is 15.9 Å². The fourth-order valence-corrected chi connectivity index (χ4v) is 7.26. The number of thiophene rings is 1. The minimum absolute atomic E-state index is 0.139. The maximum atomic E-state index is 12.3. The maximum Gasteiger partial charge on any atom is 0.250 e. The van der Waals surface area contributed by atoms with E-state index in [1.54, 1.807) is 29.7 Å². The molecule has 35 heavy (non-hydrogen) atoms. The summed E-state index contributed by atoms with van der Waals surface area (Å²) in [6.07, 6.45) is 1.63. The Hall–Kier alpha value is -1.98. The summed E-state index contributed by atoms with van der Waals surface area (Å²) in [5.74, 6) is 0.284. The number of primary amides is 1. The minimum Gasteiger partial charge on any atom is -0.384 e. The van der Waals surface area contributed by atoms with Crippen LogP contribution in [0.3, 0.4) is 0 Å². The summed E-state index contributed by atoms with van der Waals surface area (Å²) in [7, 11) is -1.46. The van der Waals surface area contributed by atoms with E-state index in [1.807, 2.05) is 6.07 Å². The van der Waals surface area contributed by atoms with E-state index in [9.17, 15) is 13.2 Å². The summed E-state index contributed by atoms with van der Waals surface area (Å²) in [6, 6.07) is 8.56. The number of nitrogens with zero attached hydrogens (tertiary/aromatic N) is 1. The molecule has 0 saturated carbocycles. The van der Waals surface area contributed by atoms with E-state index >= 15 is 0 Å². The Morgan fingerprint density at radius 2 is 2.06 bits per heavy atom. The molecule has 1 saturated heterocycles. The maximum absolute atomic E-state index is 12.3. The van der Waals surface area contributed by atoms with E-state index in [1.165, 1.54) is 4.88 Å². The highest BCUT2D eigenvalue weighted by molar-refractivity contribution is 7.89. The van der Waals surface area contributed by atoms with Crippen LogP contribution < -0.4 is 16.4 Å². The fourth-order valence-electron chi connectivity index (χ4n) is 5.18. The number of benzene rings is 1. The standard InChI is InChI=1S/C25H36N4O4S2/c1-4-35(31,32)29-9-7-17(8-10-29)22-14-28-24-20(22)11-18(12-21(24)25(26)30)23-6-5-19(34-23)13-27-16(2)15-33-3/h5-6,11-12,16-17,22,27-28H,4,7-10,13-15H2,1-3H3,(H2,26,30). The smallest absolute Gasteiger partial charge is 0.250 e. The molecule has 1 aromatic heterocycles. The number of amides is 1. The van der Waals surface area contributed by atoms with Crippen LogP contribution >= 0.6 is 11.3 Å². The predicted octanol–water partition coefficient (Wildman–Crippen LogP) is 3.21. The second-order valence-electron chi connectivity index (χ2n) is 9.48. The molecule has 192 valence electrons. The van der Waals surface area contributed by atoms with Crippen molar-refractivity contribution in [2.45, 2.75) is 45.2 Å². The Bertz CT molecular complexity index is 1160. The fraction of sp³-hybridized carbons (Fsp3) is 0.560. The molecule has 1 aromatic carbocycles. The average Bonchev–Trinajstić information content (AvgIpc) is 3.49. The number of anilines is 1. The van der Waals surface area contributed by atoms with Gasteiger partial charge < -0.3 is 21.1 Å². The molecule has 4 rings (SSSR count). The van der Waals surface area contributed by atoms with Gasteiger partial charge in [0.1, 0.15) is 0 Å². The zero-order valence-corrected chi connectivity index (χ0v) is 22.3. The van der Waals surface area contributed by atoms with Gasteiger partial charge in [0.25, 0.3) is 5.91 Å². The lowest BCUT2D eigenvalue weighted by Crippen LogP contribution is -2.40. The third-order valence-corrected chi connectivity index (χ3v) is 10.2. The normalized spacial score (nSPS) is 19.9. The van der Waals surface area contributed by atoms with Crippen molar-refractivity contribution < 1.29 is 17.9 Å². The van der Waals surface area contributed by atoms with E-state index in [2.05, 4.69) is 35.8 Å². The Balaban J connectivity index is 1.55. The first kappa shape index (κ1) is 26.1. The lowest BCUT2D eigenvalue weighted by molar-refractivity contribution is 0.100. The summed E-state index contributed by atoms with van der Waals surface area (Å²) in [5, 5.41) is 6.89.